The third-order valence-corrected chi connectivity index (χ3v) is 4.90. The van der Waals surface area contributed by atoms with Crippen molar-refractivity contribution in [2.24, 2.45) is 0 Å². The molecule has 2 rings (SSSR count). The molecule has 0 spiro atoms. The minimum absolute atomic E-state index is 0.381. The predicted molar refractivity (Wildman–Crippen MR) is 91.1 cm³/mol. The molecule has 0 bridgehead atoms. The van der Waals surface area contributed by atoms with Gasteiger partial charge >= 0.3 is 0 Å². The van der Waals surface area contributed by atoms with Crippen LogP contribution in [0.4, 0.5) is 4.39 Å². The highest BCUT2D eigenvalue weighted by Gasteiger charge is 2.23. The number of halogens is 5. The molecule has 0 aliphatic rings. The molecule has 1 N–H and O–H groups in total. The van der Waals surface area contributed by atoms with Crippen LogP contribution in [0.2, 0.25) is 15.1 Å². The van der Waals surface area contributed by atoms with E-state index in [4.69, 9.17) is 34.8 Å². The first-order chi connectivity index (χ1) is 9.95. The van der Waals surface area contributed by atoms with Gasteiger partial charge in [0.1, 0.15) is 5.82 Å². The second kappa shape index (κ2) is 7.30. The van der Waals surface area contributed by atoms with Crippen molar-refractivity contribution in [1.29, 1.82) is 0 Å². The second-order valence-corrected chi connectivity index (χ2v) is 6.49. The maximum absolute atomic E-state index is 14.3. The fraction of sp³-hybridized carbons (Fsp3) is 0.200. The van der Waals surface area contributed by atoms with Gasteiger partial charge in [-0.15, -0.1) is 0 Å². The summed E-state index contributed by atoms with van der Waals surface area (Å²) < 4.78 is 14.8. The van der Waals surface area contributed by atoms with Gasteiger partial charge in [0.15, 0.2) is 0 Å². The van der Waals surface area contributed by atoms with E-state index in [0.717, 1.165) is 0 Å². The van der Waals surface area contributed by atoms with Crippen LogP contribution in [0.25, 0.3) is 0 Å². The van der Waals surface area contributed by atoms with Crippen molar-refractivity contribution in [3.63, 3.8) is 0 Å². The molecule has 21 heavy (non-hydrogen) atoms. The molecule has 0 fully saturated rings. The quantitative estimate of drug-likeness (QED) is 0.587. The van der Waals surface area contributed by atoms with E-state index in [-0.39, 0.29) is 5.82 Å². The lowest BCUT2D eigenvalue weighted by Crippen LogP contribution is -2.23. The molecule has 0 radical (unpaired) electrons. The van der Waals surface area contributed by atoms with Crippen LogP contribution in [-0.2, 0) is 0 Å². The Bertz CT molecular complexity index is 643. The first-order valence-corrected chi connectivity index (χ1v) is 8.20. The van der Waals surface area contributed by atoms with Gasteiger partial charge in [0.25, 0.3) is 0 Å². The molecule has 0 aliphatic heterocycles. The lowest BCUT2D eigenvalue weighted by molar-refractivity contribution is 0.558. The summed E-state index contributed by atoms with van der Waals surface area (Å²) in [5.74, 6) is -0.381. The fourth-order valence-corrected chi connectivity index (χ4v) is 3.22. The van der Waals surface area contributed by atoms with Crippen molar-refractivity contribution in [3.8, 4) is 0 Å². The van der Waals surface area contributed by atoms with Crippen LogP contribution in [0.5, 0.6) is 0 Å². The Labute approximate surface area is 146 Å². The van der Waals surface area contributed by atoms with Gasteiger partial charge in [-0.05, 0) is 46.7 Å². The van der Waals surface area contributed by atoms with Gasteiger partial charge in [0, 0.05) is 25.6 Å². The monoisotopic (exact) mass is 409 g/mol. The van der Waals surface area contributed by atoms with Crippen molar-refractivity contribution in [2.45, 2.75) is 13.0 Å². The van der Waals surface area contributed by atoms with Crippen LogP contribution in [0.15, 0.2) is 34.8 Å². The van der Waals surface area contributed by atoms with Crippen LogP contribution < -0.4 is 5.32 Å². The third-order valence-electron chi connectivity index (χ3n) is 3.05. The summed E-state index contributed by atoms with van der Waals surface area (Å²) in [4.78, 5) is 0. The topological polar surface area (TPSA) is 12.0 Å². The van der Waals surface area contributed by atoms with Crippen LogP contribution in [0.1, 0.15) is 24.1 Å². The highest BCUT2D eigenvalue weighted by atomic mass is 79.9. The van der Waals surface area contributed by atoms with E-state index < -0.39 is 6.04 Å². The molecule has 0 aromatic heterocycles. The second-order valence-electron chi connectivity index (χ2n) is 4.41. The average molecular weight is 412 g/mol. The predicted octanol–water partition coefficient (Wildman–Crippen LogP) is 6.25. The zero-order chi connectivity index (χ0) is 15.6. The van der Waals surface area contributed by atoms with Crippen LogP contribution in [-0.4, -0.2) is 6.54 Å². The molecular weight excluding hydrogens is 399 g/mol. The molecule has 1 atom stereocenters. The Morgan fingerprint density at radius 2 is 1.76 bits per heavy atom. The Balaban J connectivity index is 2.62. The summed E-state index contributed by atoms with van der Waals surface area (Å²) in [5.41, 5.74) is 1.04. The standard InChI is InChI=1S/C15H12BrCl3FN/c1-2-21-15(14-10(17)4-3-5-11(14)18)8-6-12(19)9(16)7-13(8)20/h3-7,15,21H,2H2,1H3. The van der Waals surface area contributed by atoms with Crippen molar-refractivity contribution >= 4 is 50.7 Å². The summed E-state index contributed by atoms with van der Waals surface area (Å²) in [7, 11) is 0. The summed E-state index contributed by atoms with van der Waals surface area (Å²) >= 11 is 21.8. The van der Waals surface area contributed by atoms with Gasteiger partial charge in [0.2, 0.25) is 0 Å². The Kier molecular flexibility index (Phi) is 5.92. The number of hydrogen-bond acceptors (Lipinski definition) is 1. The molecule has 0 aliphatic carbocycles. The van der Waals surface area contributed by atoms with Gasteiger partial charge in [0.05, 0.1) is 11.1 Å². The SMILES string of the molecule is CCNC(c1cc(Cl)c(Br)cc1F)c1c(Cl)cccc1Cl. The van der Waals surface area contributed by atoms with E-state index in [9.17, 15) is 4.39 Å². The largest absolute Gasteiger partial charge is 0.306 e. The van der Waals surface area contributed by atoms with Gasteiger partial charge < -0.3 is 5.32 Å². The Hall–Kier alpha value is -0.320. The summed E-state index contributed by atoms with van der Waals surface area (Å²) in [6.07, 6.45) is 0. The lowest BCUT2D eigenvalue weighted by Gasteiger charge is -2.22. The third kappa shape index (κ3) is 3.72. The number of benzene rings is 2. The summed E-state index contributed by atoms with van der Waals surface area (Å²) in [6.45, 7) is 2.55. The van der Waals surface area contributed by atoms with E-state index in [0.29, 0.717) is 37.2 Å². The molecule has 0 saturated heterocycles. The maximum Gasteiger partial charge on any atom is 0.129 e. The molecular formula is C15H12BrCl3FN. The first kappa shape index (κ1) is 17.0. The summed E-state index contributed by atoms with van der Waals surface area (Å²) in [5, 5.41) is 4.59. The van der Waals surface area contributed by atoms with Crippen molar-refractivity contribution in [3.05, 3.63) is 66.8 Å². The van der Waals surface area contributed by atoms with Crippen LogP contribution in [0.3, 0.4) is 0 Å². The average Bonchev–Trinajstić information content (AvgIpc) is 2.42. The van der Waals surface area contributed by atoms with Gasteiger partial charge in [-0.1, -0.05) is 47.8 Å². The van der Waals surface area contributed by atoms with E-state index in [1.54, 1.807) is 24.3 Å². The normalized spacial score (nSPS) is 12.5. The van der Waals surface area contributed by atoms with Gasteiger partial charge in [-0.3, -0.25) is 0 Å². The number of rotatable bonds is 4. The zero-order valence-corrected chi connectivity index (χ0v) is 14.9. The van der Waals surface area contributed by atoms with E-state index in [1.165, 1.54) is 6.07 Å². The molecule has 0 amide bonds. The van der Waals surface area contributed by atoms with Gasteiger partial charge in [-0.2, -0.15) is 0 Å². The molecule has 1 unspecified atom stereocenters. The Morgan fingerprint density at radius 1 is 1.14 bits per heavy atom. The van der Waals surface area contributed by atoms with E-state index in [2.05, 4.69) is 21.2 Å². The maximum atomic E-state index is 14.3. The molecule has 0 heterocycles. The smallest absolute Gasteiger partial charge is 0.129 e. The molecule has 112 valence electrons. The van der Waals surface area contributed by atoms with Crippen molar-refractivity contribution in [2.75, 3.05) is 6.54 Å². The van der Waals surface area contributed by atoms with Gasteiger partial charge in [-0.25, -0.2) is 4.39 Å². The lowest BCUT2D eigenvalue weighted by atomic mass is 9.98. The van der Waals surface area contributed by atoms with E-state index >= 15 is 0 Å². The van der Waals surface area contributed by atoms with Crippen molar-refractivity contribution < 1.29 is 4.39 Å². The molecule has 1 nitrogen and oxygen atoms in total. The first-order valence-electron chi connectivity index (χ1n) is 6.27. The molecule has 6 heteroatoms. The minimum atomic E-state index is -0.471. The molecule has 2 aromatic rings. The molecule has 2 aromatic carbocycles. The van der Waals surface area contributed by atoms with Crippen LogP contribution in [0, 0.1) is 5.82 Å². The van der Waals surface area contributed by atoms with E-state index in [1.807, 2.05) is 6.92 Å². The highest BCUT2D eigenvalue weighted by Crippen LogP contribution is 2.37. The fourth-order valence-electron chi connectivity index (χ4n) is 2.12. The number of hydrogen-bond donors (Lipinski definition) is 1. The van der Waals surface area contributed by atoms with Crippen LogP contribution >= 0.6 is 50.7 Å². The highest BCUT2D eigenvalue weighted by molar-refractivity contribution is 9.10. The minimum Gasteiger partial charge on any atom is -0.306 e. The van der Waals surface area contributed by atoms with Crippen molar-refractivity contribution in [1.82, 2.24) is 5.32 Å². The summed E-state index contributed by atoms with van der Waals surface area (Å²) in [6, 6.07) is 7.65. The number of nitrogens with one attached hydrogen (secondary N) is 1. The Morgan fingerprint density at radius 3 is 2.33 bits per heavy atom. The molecule has 0 saturated carbocycles. The zero-order valence-electron chi connectivity index (χ0n) is 11.1.